The number of carbonyl (C=O) groups excluding carboxylic acids is 2. The summed E-state index contributed by atoms with van der Waals surface area (Å²) in [5, 5.41) is 2.90. The molecule has 1 fully saturated rings. The zero-order valence-electron chi connectivity index (χ0n) is 13.3. The Labute approximate surface area is 155 Å². The molecule has 3 rings (SSSR count). The number of piperidine rings is 1. The first kappa shape index (κ1) is 17.0. The zero-order chi connectivity index (χ0) is 16.9. The maximum Gasteiger partial charge on any atom is 0.256 e. The third-order valence-corrected chi connectivity index (χ3v) is 5.11. The van der Waals surface area contributed by atoms with Gasteiger partial charge in [0, 0.05) is 16.7 Å². The molecule has 1 saturated heterocycles. The summed E-state index contributed by atoms with van der Waals surface area (Å²) in [7, 11) is 0. The second-order valence-corrected chi connectivity index (χ2v) is 6.99. The molecule has 0 saturated carbocycles. The molecule has 0 aliphatic carbocycles. The molecule has 124 valence electrons. The average Bonchev–Trinajstić information content (AvgIpc) is 2.62. The number of rotatable bonds is 3. The Kier molecular flexibility index (Phi) is 5.50. The van der Waals surface area contributed by atoms with E-state index in [0.29, 0.717) is 16.8 Å². The minimum atomic E-state index is -0.195. The molecule has 1 N–H and O–H groups in total. The van der Waals surface area contributed by atoms with Gasteiger partial charge in [-0.3, -0.25) is 9.59 Å². The number of anilines is 1. The number of para-hydroxylation sites is 1. The third-order valence-electron chi connectivity index (χ3n) is 4.17. The van der Waals surface area contributed by atoms with E-state index in [4.69, 9.17) is 0 Å². The van der Waals surface area contributed by atoms with Crippen molar-refractivity contribution >= 4 is 40.1 Å². The van der Waals surface area contributed by atoms with Crippen molar-refractivity contribution in [2.45, 2.75) is 19.3 Å². The Balaban J connectivity index is 1.83. The smallest absolute Gasteiger partial charge is 0.256 e. The number of hydrogen-bond donors (Lipinski definition) is 1. The van der Waals surface area contributed by atoms with E-state index in [-0.39, 0.29) is 11.8 Å². The van der Waals surface area contributed by atoms with Gasteiger partial charge in [0.25, 0.3) is 11.8 Å². The molecule has 1 aliphatic rings. The first-order valence-electron chi connectivity index (χ1n) is 8.11. The van der Waals surface area contributed by atoms with Crippen LogP contribution >= 0.6 is 22.6 Å². The van der Waals surface area contributed by atoms with Gasteiger partial charge < -0.3 is 10.2 Å². The van der Waals surface area contributed by atoms with Crippen LogP contribution in [0.5, 0.6) is 0 Å². The van der Waals surface area contributed by atoms with Gasteiger partial charge in [-0.2, -0.15) is 0 Å². The summed E-state index contributed by atoms with van der Waals surface area (Å²) in [5.74, 6) is -0.202. The maximum atomic E-state index is 12.8. The number of benzene rings is 2. The van der Waals surface area contributed by atoms with Crippen molar-refractivity contribution in [2.24, 2.45) is 0 Å². The molecule has 24 heavy (non-hydrogen) atoms. The fraction of sp³-hybridized carbons (Fsp3) is 0.263. The second kappa shape index (κ2) is 7.79. The lowest BCUT2D eigenvalue weighted by atomic mass is 10.1. The summed E-state index contributed by atoms with van der Waals surface area (Å²) < 4.78 is 0.882. The van der Waals surface area contributed by atoms with E-state index >= 15 is 0 Å². The number of halogens is 1. The lowest BCUT2D eigenvalue weighted by Gasteiger charge is -2.27. The number of nitrogens with zero attached hydrogens (tertiary/aromatic N) is 1. The minimum Gasteiger partial charge on any atom is -0.339 e. The van der Waals surface area contributed by atoms with Crippen molar-refractivity contribution in [3.05, 3.63) is 63.2 Å². The highest BCUT2D eigenvalue weighted by molar-refractivity contribution is 14.1. The van der Waals surface area contributed by atoms with Gasteiger partial charge in [-0.05, 0) is 66.1 Å². The standard InChI is InChI=1S/C19H19IN2O2/c20-16-10-4-2-8-14(16)18(23)21-17-11-5-3-9-15(17)19(24)22-12-6-1-7-13-22/h2-5,8-11H,1,6-7,12-13H2,(H,21,23). The molecule has 2 aromatic carbocycles. The Morgan fingerprint density at radius 2 is 1.50 bits per heavy atom. The molecule has 4 nitrogen and oxygen atoms in total. The number of nitrogens with one attached hydrogen (secondary N) is 1. The van der Waals surface area contributed by atoms with Crippen LogP contribution in [0.1, 0.15) is 40.0 Å². The summed E-state index contributed by atoms with van der Waals surface area (Å²) in [6.45, 7) is 1.58. The summed E-state index contributed by atoms with van der Waals surface area (Å²) in [5.41, 5.74) is 1.73. The molecular weight excluding hydrogens is 415 g/mol. The second-order valence-electron chi connectivity index (χ2n) is 5.83. The van der Waals surface area contributed by atoms with Gasteiger partial charge in [0.05, 0.1) is 16.8 Å². The molecule has 5 heteroatoms. The Bertz CT molecular complexity index is 755. The molecule has 2 aromatic rings. The minimum absolute atomic E-state index is 0.00615. The van der Waals surface area contributed by atoms with Crippen LogP contribution in [0.15, 0.2) is 48.5 Å². The van der Waals surface area contributed by atoms with Crippen LogP contribution < -0.4 is 5.32 Å². The van der Waals surface area contributed by atoms with E-state index < -0.39 is 0 Å². The summed E-state index contributed by atoms with van der Waals surface area (Å²) in [6.07, 6.45) is 3.26. The van der Waals surface area contributed by atoms with Crippen LogP contribution in [0.4, 0.5) is 5.69 Å². The van der Waals surface area contributed by atoms with Gasteiger partial charge in [0.2, 0.25) is 0 Å². The SMILES string of the molecule is O=C(Nc1ccccc1C(=O)N1CCCCC1)c1ccccc1I. The topological polar surface area (TPSA) is 49.4 Å². The molecule has 0 unspecified atom stereocenters. The Hall–Kier alpha value is -1.89. The number of carbonyl (C=O) groups is 2. The molecule has 0 aromatic heterocycles. The van der Waals surface area contributed by atoms with Crippen molar-refractivity contribution in [1.82, 2.24) is 4.90 Å². The Morgan fingerprint density at radius 1 is 0.875 bits per heavy atom. The number of hydrogen-bond acceptors (Lipinski definition) is 2. The Morgan fingerprint density at radius 3 is 2.21 bits per heavy atom. The van der Waals surface area contributed by atoms with Gasteiger partial charge >= 0.3 is 0 Å². The highest BCUT2D eigenvalue weighted by Gasteiger charge is 2.21. The van der Waals surface area contributed by atoms with Crippen molar-refractivity contribution in [1.29, 1.82) is 0 Å². The molecule has 0 atom stereocenters. The van der Waals surface area contributed by atoms with Crippen LogP contribution in [0, 0.1) is 3.57 Å². The molecule has 2 amide bonds. The van der Waals surface area contributed by atoms with Crippen LogP contribution in [0.2, 0.25) is 0 Å². The van der Waals surface area contributed by atoms with Crippen LogP contribution in [-0.4, -0.2) is 29.8 Å². The molecule has 0 radical (unpaired) electrons. The summed E-state index contributed by atoms with van der Waals surface area (Å²) in [4.78, 5) is 27.2. The summed E-state index contributed by atoms with van der Waals surface area (Å²) in [6, 6.07) is 14.6. The zero-order valence-corrected chi connectivity index (χ0v) is 15.5. The van der Waals surface area contributed by atoms with Crippen molar-refractivity contribution < 1.29 is 9.59 Å². The first-order valence-corrected chi connectivity index (χ1v) is 9.19. The summed E-state index contributed by atoms with van der Waals surface area (Å²) >= 11 is 2.14. The highest BCUT2D eigenvalue weighted by Crippen LogP contribution is 2.21. The molecular formula is C19H19IN2O2. The fourth-order valence-corrected chi connectivity index (χ4v) is 3.51. The van der Waals surface area contributed by atoms with Crippen molar-refractivity contribution in [2.75, 3.05) is 18.4 Å². The number of likely N-dealkylation sites (tertiary alicyclic amines) is 1. The fourth-order valence-electron chi connectivity index (χ4n) is 2.88. The van der Waals surface area contributed by atoms with E-state index in [1.165, 1.54) is 6.42 Å². The van der Waals surface area contributed by atoms with Crippen molar-refractivity contribution in [3.8, 4) is 0 Å². The first-order chi connectivity index (χ1) is 11.7. The molecule has 1 heterocycles. The largest absolute Gasteiger partial charge is 0.339 e. The highest BCUT2D eigenvalue weighted by atomic mass is 127. The average molecular weight is 434 g/mol. The van der Waals surface area contributed by atoms with E-state index in [0.717, 1.165) is 29.5 Å². The van der Waals surface area contributed by atoms with E-state index in [1.54, 1.807) is 18.2 Å². The molecule has 1 aliphatic heterocycles. The van der Waals surface area contributed by atoms with E-state index in [2.05, 4.69) is 27.9 Å². The van der Waals surface area contributed by atoms with E-state index in [9.17, 15) is 9.59 Å². The quantitative estimate of drug-likeness (QED) is 0.738. The number of amides is 2. The van der Waals surface area contributed by atoms with Gasteiger partial charge in [-0.1, -0.05) is 24.3 Å². The van der Waals surface area contributed by atoms with Crippen molar-refractivity contribution in [3.63, 3.8) is 0 Å². The predicted octanol–water partition coefficient (Wildman–Crippen LogP) is 4.17. The third kappa shape index (κ3) is 3.77. The lowest BCUT2D eigenvalue weighted by molar-refractivity contribution is 0.0725. The van der Waals surface area contributed by atoms with Crippen LogP contribution in [0.3, 0.4) is 0 Å². The van der Waals surface area contributed by atoms with Gasteiger partial charge in [0.15, 0.2) is 0 Å². The van der Waals surface area contributed by atoms with Gasteiger partial charge in [-0.25, -0.2) is 0 Å². The maximum absolute atomic E-state index is 12.8. The van der Waals surface area contributed by atoms with Crippen LogP contribution in [0.25, 0.3) is 0 Å². The van der Waals surface area contributed by atoms with Crippen LogP contribution in [-0.2, 0) is 0 Å². The van der Waals surface area contributed by atoms with Gasteiger partial charge in [-0.15, -0.1) is 0 Å². The van der Waals surface area contributed by atoms with E-state index in [1.807, 2.05) is 35.2 Å². The normalized spacial score (nSPS) is 14.3. The predicted molar refractivity (Wildman–Crippen MR) is 103 cm³/mol. The monoisotopic (exact) mass is 434 g/mol. The lowest BCUT2D eigenvalue weighted by Crippen LogP contribution is -2.36. The van der Waals surface area contributed by atoms with Gasteiger partial charge in [0.1, 0.15) is 0 Å². The molecule has 0 spiro atoms. The molecule has 0 bridgehead atoms.